The average molecular weight is 340 g/mol. The Labute approximate surface area is 127 Å². The molecule has 0 unspecified atom stereocenters. The second kappa shape index (κ2) is 7.15. The molecule has 0 saturated heterocycles. The Kier molecular flexibility index (Phi) is 5.83. The van der Waals surface area contributed by atoms with Gasteiger partial charge in [0, 0.05) is 17.6 Å². The Morgan fingerprint density at radius 1 is 1.40 bits per heavy atom. The van der Waals surface area contributed by atoms with Crippen molar-refractivity contribution in [1.82, 2.24) is 5.32 Å². The van der Waals surface area contributed by atoms with Crippen LogP contribution >= 0.6 is 15.9 Å². The van der Waals surface area contributed by atoms with Crippen LogP contribution in [-0.4, -0.2) is 24.8 Å². The molecule has 2 N–H and O–H groups in total. The summed E-state index contributed by atoms with van der Waals surface area (Å²) >= 11 is 3.38. The first-order valence-corrected chi connectivity index (χ1v) is 7.02. The van der Waals surface area contributed by atoms with E-state index in [1.165, 1.54) is 0 Å². The van der Waals surface area contributed by atoms with Crippen molar-refractivity contribution in [2.75, 3.05) is 18.4 Å². The number of carbonyl (C=O) groups is 1. The smallest absolute Gasteiger partial charge is 0.407 e. The Balaban J connectivity index is 2.43. The molecule has 0 aliphatic rings. The summed E-state index contributed by atoms with van der Waals surface area (Å²) < 4.78 is 5.93. The summed E-state index contributed by atoms with van der Waals surface area (Å²) in [6.45, 7) is 6.33. The van der Waals surface area contributed by atoms with Crippen LogP contribution in [0, 0.1) is 11.3 Å². The second-order valence-corrected chi connectivity index (χ2v) is 5.98. The van der Waals surface area contributed by atoms with Gasteiger partial charge in [0.1, 0.15) is 11.7 Å². The SMILES string of the molecule is CC(C)(C)OC(=O)NCCNc1c(Br)cccc1C#N. The zero-order chi connectivity index (χ0) is 15.2. The quantitative estimate of drug-likeness (QED) is 0.825. The number of alkyl carbamates (subject to hydrolysis) is 1. The van der Waals surface area contributed by atoms with Crippen molar-refractivity contribution in [2.24, 2.45) is 0 Å². The number of carbonyl (C=O) groups excluding carboxylic acids is 1. The molecule has 0 saturated carbocycles. The summed E-state index contributed by atoms with van der Waals surface area (Å²) in [5.74, 6) is 0. The third-order valence-corrected chi connectivity index (χ3v) is 2.89. The minimum Gasteiger partial charge on any atom is -0.444 e. The van der Waals surface area contributed by atoms with Crippen molar-refractivity contribution in [1.29, 1.82) is 5.26 Å². The van der Waals surface area contributed by atoms with Crippen molar-refractivity contribution in [2.45, 2.75) is 26.4 Å². The van der Waals surface area contributed by atoms with E-state index in [9.17, 15) is 4.79 Å². The van der Waals surface area contributed by atoms with Gasteiger partial charge in [-0.2, -0.15) is 5.26 Å². The highest BCUT2D eigenvalue weighted by Crippen LogP contribution is 2.25. The molecule has 6 heteroatoms. The van der Waals surface area contributed by atoms with E-state index in [4.69, 9.17) is 10.00 Å². The molecule has 1 amide bonds. The van der Waals surface area contributed by atoms with Gasteiger partial charge in [-0.1, -0.05) is 6.07 Å². The van der Waals surface area contributed by atoms with Crippen LogP contribution in [0.25, 0.3) is 0 Å². The summed E-state index contributed by atoms with van der Waals surface area (Å²) in [5.41, 5.74) is 0.770. The zero-order valence-corrected chi connectivity index (χ0v) is 13.4. The molecule has 1 aromatic carbocycles. The Morgan fingerprint density at radius 2 is 2.10 bits per heavy atom. The number of amides is 1. The predicted octanol–water partition coefficient (Wildman–Crippen LogP) is 3.26. The zero-order valence-electron chi connectivity index (χ0n) is 11.8. The van der Waals surface area contributed by atoms with Crippen LogP contribution in [0.1, 0.15) is 26.3 Å². The number of benzene rings is 1. The molecule has 0 fully saturated rings. The lowest BCUT2D eigenvalue weighted by atomic mass is 10.2. The highest BCUT2D eigenvalue weighted by atomic mass is 79.9. The summed E-state index contributed by atoms with van der Waals surface area (Å²) in [6.07, 6.45) is -0.452. The Morgan fingerprint density at radius 3 is 2.70 bits per heavy atom. The largest absolute Gasteiger partial charge is 0.444 e. The number of anilines is 1. The maximum absolute atomic E-state index is 11.4. The second-order valence-electron chi connectivity index (χ2n) is 5.13. The number of hydrogen-bond donors (Lipinski definition) is 2. The van der Waals surface area contributed by atoms with Crippen LogP contribution in [0.15, 0.2) is 22.7 Å². The van der Waals surface area contributed by atoms with Gasteiger partial charge in [0.25, 0.3) is 0 Å². The predicted molar refractivity (Wildman–Crippen MR) is 81.6 cm³/mol. The first-order valence-electron chi connectivity index (χ1n) is 6.23. The van der Waals surface area contributed by atoms with Gasteiger partial charge in [-0.3, -0.25) is 0 Å². The van der Waals surface area contributed by atoms with Crippen molar-refractivity contribution in [3.05, 3.63) is 28.2 Å². The molecule has 5 nitrogen and oxygen atoms in total. The standard InChI is InChI=1S/C14H18BrN3O2/c1-14(2,3)20-13(19)18-8-7-17-12-10(9-16)5-4-6-11(12)15/h4-6,17H,7-8H2,1-3H3,(H,18,19). The minimum absolute atomic E-state index is 0.404. The number of nitriles is 1. The third-order valence-electron chi connectivity index (χ3n) is 2.23. The van der Waals surface area contributed by atoms with E-state index in [0.29, 0.717) is 18.7 Å². The van der Waals surface area contributed by atoms with Crippen molar-refractivity contribution in [3.63, 3.8) is 0 Å². The summed E-state index contributed by atoms with van der Waals surface area (Å²) in [4.78, 5) is 11.4. The minimum atomic E-state index is -0.506. The molecule has 0 aliphatic carbocycles. The van der Waals surface area contributed by atoms with Gasteiger partial charge in [-0.05, 0) is 48.8 Å². The average Bonchev–Trinajstić information content (AvgIpc) is 2.33. The van der Waals surface area contributed by atoms with Crippen molar-refractivity contribution < 1.29 is 9.53 Å². The first-order chi connectivity index (χ1) is 9.33. The lowest BCUT2D eigenvalue weighted by Crippen LogP contribution is -2.35. The lowest BCUT2D eigenvalue weighted by Gasteiger charge is -2.19. The van der Waals surface area contributed by atoms with Gasteiger partial charge >= 0.3 is 6.09 Å². The Hall–Kier alpha value is -1.74. The molecular formula is C14H18BrN3O2. The van der Waals surface area contributed by atoms with Crippen LogP contribution in [-0.2, 0) is 4.74 Å². The topological polar surface area (TPSA) is 74.2 Å². The van der Waals surface area contributed by atoms with Gasteiger partial charge in [-0.15, -0.1) is 0 Å². The number of rotatable bonds is 4. The van der Waals surface area contributed by atoms with Crippen LogP contribution in [0.3, 0.4) is 0 Å². The molecule has 0 atom stereocenters. The fourth-order valence-corrected chi connectivity index (χ4v) is 1.97. The van der Waals surface area contributed by atoms with Gasteiger partial charge in [-0.25, -0.2) is 4.79 Å². The van der Waals surface area contributed by atoms with Crippen LogP contribution in [0.5, 0.6) is 0 Å². The van der Waals surface area contributed by atoms with E-state index in [-0.39, 0.29) is 0 Å². The highest BCUT2D eigenvalue weighted by Gasteiger charge is 2.15. The van der Waals surface area contributed by atoms with E-state index in [1.807, 2.05) is 26.8 Å². The Bertz CT molecular complexity index is 518. The molecule has 0 bridgehead atoms. The van der Waals surface area contributed by atoms with Crippen molar-refractivity contribution >= 4 is 27.7 Å². The fourth-order valence-electron chi connectivity index (χ4n) is 1.46. The van der Waals surface area contributed by atoms with E-state index in [2.05, 4.69) is 32.6 Å². The molecule has 108 valence electrons. The van der Waals surface area contributed by atoms with Gasteiger partial charge < -0.3 is 15.4 Å². The van der Waals surface area contributed by atoms with Crippen LogP contribution < -0.4 is 10.6 Å². The molecule has 1 rings (SSSR count). The van der Waals surface area contributed by atoms with E-state index >= 15 is 0 Å². The molecular weight excluding hydrogens is 322 g/mol. The van der Waals surface area contributed by atoms with Gasteiger partial charge in [0.2, 0.25) is 0 Å². The molecule has 0 aliphatic heterocycles. The molecule has 0 spiro atoms. The number of ether oxygens (including phenoxy) is 1. The molecule has 0 heterocycles. The van der Waals surface area contributed by atoms with Crippen molar-refractivity contribution in [3.8, 4) is 6.07 Å². The van der Waals surface area contributed by atoms with Gasteiger partial charge in [0.15, 0.2) is 0 Å². The number of halogens is 1. The number of para-hydroxylation sites is 1. The molecule has 1 aromatic rings. The molecule has 0 radical (unpaired) electrons. The summed E-state index contributed by atoms with van der Waals surface area (Å²) in [6, 6.07) is 7.49. The van der Waals surface area contributed by atoms with Crippen LogP contribution in [0.2, 0.25) is 0 Å². The van der Waals surface area contributed by atoms with E-state index in [1.54, 1.807) is 12.1 Å². The normalized spacial score (nSPS) is 10.6. The number of hydrogen-bond acceptors (Lipinski definition) is 4. The maximum Gasteiger partial charge on any atom is 0.407 e. The fraction of sp³-hybridized carbons (Fsp3) is 0.429. The monoisotopic (exact) mass is 339 g/mol. The number of nitrogens with zero attached hydrogens (tertiary/aromatic N) is 1. The van der Waals surface area contributed by atoms with Crippen LogP contribution in [0.4, 0.5) is 10.5 Å². The molecule has 0 aromatic heterocycles. The number of nitrogens with one attached hydrogen (secondary N) is 2. The van der Waals surface area contributed by atoms with Gasteiger partial charge in [0.05, 0.1) is 11.3 Å². The van der Waals surface area contributed by atoms with E-state index in [0.717, 1.165) is 10.2 Å². The first kappa shape index (κ1) is 16.3. The van der Waals surface area contributed by atoms with E-state index < -0.39 is 11.7 Å². The third kappa shape index (κ3) is 5.49. The highest BCUT2D eigenvalue weighted by molar-refractivity contribution is 9.10. The maximum atomic E-state index is 11.4. The lowest BCUT2D eigenvalue weighted by molar-refractivity contribution is 0.0530. The summed E-state index contributed by atoms with van der Waals surface area (Å²) in [7, 11) is 0. The summed E-state index contributed by atoms with van der Waals surface area (Å²) in [5, 5.41) is 14.8. The molecule has 20 heavy (non-hydrogen) atoms.